The maximum Gasteiger partial charge on any atom is 0.0376 e. The molecule has 2 heterocycles. The van der Waals surface area contributed by atoms with E-state index in [0.717, 1.165) is 18.4 Å². The first-order valence-electron chi connectivity index (χ1n) is 6.88. The second-order valence-electron chi connectivity index (χ2n) is 5.62. The van der Waals surface area contributed by atoms with Crippen molar-refractivity contribution < 1.29 is 0 Å². The van der Waals surface area contributed by atoms with Gasteiger partial charge in [0.15, 0.2) is 0 Å². The molecule has 0 aliphatic carbocycles. The molecular formula is C15H22N2. The molecule has 0 saturated carbocycles. The third-order valence-electron chi connectivity index (χ3n) is 4.20. The molecule has 2 unspecified atom stereocenters. The van der Waals surface area contributed by atoms with Crippen LogP contribution < -0.4 is 10.6 Å². The second kappa shape index (κ2) is 4.69. The predicted octanol–water partition coefficient (Wildman–Crippen LogP) is 2.89. The minimum absolute atomic E-state index is 0.731. The minimum atomic E-state index is 0.731. The average molecular weight is 230 g/mol. The quantitative estimate of drug-likeness (QED) is 0.816. The van der Waals surface area contributed by atoms with Crippen LogP contribution in [-0.2, 0) is 0 Å². The molecule has 1 aromatic rings. The van der Waals surface area contributed by atoms with Gasteiger partial charge in [-0.05, 0) is 56.8 Å². The van der Waals surface area contributed by atoms with Crippen LogP contribution in [0.15, 0.2) is 18.2 Å². The summed E-state index contributed by atoms with van der Waals surface area (Å²) in [5.41, 5.74) is 4.30. The Kier molecular flexibility index (Phi) is 3.06. The van der Waals surface area contributed by atoms with Crippen LogP contribution in [0, 0.1) is 12.8 Å². The average Bonchev–Trinajstić information content (AvgIpc) is 2.73. The lowest BCUT2D eigenvalue weighted by Crippen LogP contribution is -2.30. The van der Waals surface area contributed by atoms with Gasteiger partial charge in [0.1, 0.15) is 0 Å². The van der Waals surface area contributed by atoms with Crippen molar-refractivity contribution in [3.63, 3.8) is 0 Å². The van der Waals surface area contributed by atoms with Gasteiger partial charge >= 0.3 is 0 Å². The van der Waals surface area contributed by atoms with E-state index in [9.17, 15) is 0 Å². The zero-order valence-corrected chi connectivity index (χ0v) is 10.6. The van der Waals surface area contributed by atoms with Crippen molar-refractivity contribution >= 4 is 5.69 Å². The highest BCUT2D eigenvalue weighted by molar-refractivity contribution is 5.58. The Balaban J connectivity index is 1.72. The lowest BCUT2D eigenvalue weighted by atomic mass is 9.86. The number of hydrogen-bond acceptors (Lipinski definition) is 2. The van der Waals surface area contributed by atoms with Crippen LogP contribution in [0.1, 0.15) is 36.3 Å². The maximum absolute atomic E-state index is 3.55. The van der Waals surface area contributed by atoms with Crippen LogP contribution >= 0.6 is 0 Å². The van der Waals surface area contributed by atoms with Gasteiger partial charge < -0.3 is 10.6 Å². The molecule has 0 bridgehead atoms. The summed E-state index contributed by atoms with van der Waals surface area (Å²) in [6.07, 6.45) is 4.10. The Hall–Kier alpha value is -1.02. The first-order valence-corrected chi connectivity index (χ1v) is 6.88. The highest BCUT2D eigenvalue weighted by Crippen LogP contribution is 2.37. The van der Waals surface area contributed by atoms with Gasteiger partial charge in [-0.1, -0.05) is 17.7 Å². The Morgan fingerprint density at radius 3 is 3.06 bits per heavy atom. The molecule has 2 heteroatoms. The molecule has 17 heavy (non-hydrogen) atoms. The van der Waals surface area contributed by atoms with Crippen LogP contribution in [0.2, 0.25) is 0 Å². The topological polar surface area (TPSA) is 24.1 Å². The third kappa shape index (κ3) is 2.32. The van der Waals surface area contributed by atoms with Gasteiger partial charge in [-0.15, -0.1) is 0 Å². The molecule has 0 aromatic heterocycles. The minimum Gasteiger partial charge on any atom is -0.384 e. The normalized spacial score (nSPS) is 27.6. The van der Waals surface area contributed by atoms with E-state index in [1.165, 1.54) is 43.6 Å². The van der Waals surface area contributed by atoms with Crippen molar-refractivity contribution in [2.75, 3.05) is 25.0 Å². The van der Waals surface area contributed by atoms with Crippen LogP contribution in [0.5, 0.6) is 0 Å². The molecule has 92 valence electrons. The fourth-order valence-electron chi connectivity index (χ4n) is 3.26. The Bertz CT molecular complexity index is 394. The molecule has 1 fully saturated rings. The summed E-state index contributed by atoms with van der Waals surface area (Å²) < 4.78 is 0. The molecule has 2 N–H and O–H groups in total. The van der Waals surface area contributed by atoms with E-state index in [1.807, 2.05) is 0 Å². The fraction of sp³-hybridized carbons (Fsp3) is 0.600. The number of rotatable bonds is 2. The predicted molar refractivity (Wildman–Crippen MR) is 72.6 cm³/mol. The lowest BCUT2D eigenvalue weighted by molar-refractivity contribution is 0.340. The first-order chi connectivity index (χ1) is 8.33. The largest absolute Gasteiger partial charge is 0.384 e. The molecular weight excluding hydrogens is 208 g/mol. The number of benzene rings is 1. The number of hydrogen-bond donors (Lipinski definition) is 2. The highest BCUT2D eigenvalue weighted by Gasteiger charge is 2.25. The van der Waals surface area contributed by atoms with Crippen molar-refractivity contribution in [1.82, 2.24) is 5.32 Å². The molecule has 2 nitrogen and oxygen atoms in total. The summed E-state index contributed by atoms with van der Waals surface area (Å²) in [6, 6.07) is 6.82. The van der Waals surface area contributed by atoms with E-state index in [-0.39, 0.29) is 0 Å². The maximum atomic E-state index is 3.55. The van der Waals surface area contributed by atoms with Crippen molar-refractivity contribution in [1.29, 1.82) is 0 Å². The summed E-state index contributed by atoms with van der Waals surface area (Å²) >= 11 is 0. The smallest absolute Gasteiger partial charge is 0.0376 e. The number of aryl methyl sites for hydroxylation is 1. The van der Waals surface area contributed by atoms with Gasteiger partial charge in [0.25, 0.3) is 0 Å². The standard InChI is InChI=1S/C15H22N2/c1-11-4-5-15-14(7-11)13(10-17-15)8-12-3-2-6-16-9-12/h4-5,7,12-13,16-17H,2-3,6,8-10H2,1H3. The molecule has 0 radical (unpaired) electrons. The van der Waals surface area contributed by atoms with E-state index < -0.39 is 0 Å². The van der Waals surface area contributed by atoms with Crippen molar-refractivity contribution in [3.8, 4) is 0 Å². The van der Waals surface area contributed by atoms with Gasteiger partial charge in [0.2, 0.25) is 0 Å². The van der Waals surface area contributed by atoms with E-state index in [0.29, 0.717) is 0 Å². The SMILES string of the molecule is Cc1ccc2c(c1)C(CC1CCCNC1)CN2. The molecule has 0 spiro atoms. The van der Waals surface area contributed by atoms with Crippen LogP contribution in [0.25, 0.3) is 0 Å². The number of fused-ring (bicyclic) bond motifs is 1. The Morgan fingerprint density at radius 2 is 2.24 bits per heavy atom. The third-order valence-corrected chi connectivity index (χ3v) is 4.20. The van der Waals surface area contributed by atoms with Gasteiger partial charge in [0, 0.05) is 18.2 Å². The molecule has 2 atom stereocenters. The first kappa shape index (κ1) is 11.1. The van der Waals surface area contributed by atoms with Crippen molar-refractivity contribution in [3.05, 3.63) is 29.3 Å². The van der Waals surface area contributed by atoms with Gasteiger partial charge in [0.05, 0.1) is 0 Å². The monoisotopic (exact) mass is 230 g/mol. The zero-order chi connectivity index (χ0) is 11.7. The van der Waals surface area contributed by atoms with E-state index in [1.54, 1.807) is 5.56 Å². The molecule has 2 aliphatic heterocycles. The molecule has 1 aromatic carbocycles. The zero-order valence-electron chi connectivity index (χ0n) is 10.6. The van der Waals surface area contributed by atoms with Crippen molar-refractivity contribution in [2.45, 2.75) is 32.1 Å². The number of nitrogens with one attached hydrogen (secondary N) is 2. The van der Waals surface area contributed by atoms with E-state index in [2.05, 4.69) is 35.8 Å². The summed E-state index contributed by atoms with van der Waals surface area (Å²) in [5, 5.41) is 7.07. The second-order valence-corrected chi connectivity index (χ2v) is 5.62. The number of anilines is 1. The van der Waals surface area contributed by atoms with E-state index >= 15 is 0 Å². The Labute approximate surface area is 104 Å². The highest BCUT2D eigenvalue weighted by atomic mass is 14.9. The summed E-state index contributed by atoms with van der Waals surface area (Å²) in [7, 11) is 0. The van der Waals surface area contributed by atoms with Crippen LogP contribution in [0.4, 0.5) is 5.69 Å². The molecule has 1 saturated heterocycles. The van der Waals surface area contributed by atoms with Crippen molar-refractivity contribution in [2.24, 2.45) is 5.92 Å². The van der Waals surface area contributed by atoms with Gasteiger partial charge in [-0.2, -0.15) is 0 Å². The van der Waals surface area contributed by atoms with Gasteiger partial charge in [-0.3, -0.25) is 0 Å². The summed E-state index contributed by atoms with van der Waals surface area (Å²) in [4.78, 5) is 0. The summed E-state index contributed by atoms with van der Waals surface area (Å²) in [6.45, 7) is 5.76. The lowest BCUT2D eigenvalue weighted by Gasteiger charge is -2.25. The fourth-order valence-corrected chi connectivity index (χ4v) is 3.26. The molecule has 2 aliphatic rings. The van der Waals surface area contributed by atoms with E-state index in [4.69, 9.17) is 0 Å². The molecule has 3 rings (SSSR count). The summed E-state index contributed by atoms with van der Waals surface area (Å²) in [5.74, 6) is 1.61. The number of piperidine rings is 1. The van der Waals surface area contributed by atoms with Crippen LogP contribution in [-0.4, -0.2) is 19.6 Å². The van der Waals surface area contributed by atoms with Gasteiger partial charge in [-0.25, -0.2) is 0 Å². The van der Waals surface area contributed by atoms with Crippen LogP contribution in [0.3, 0.4) is 0 Å². The molecule has 0 amide bonds. The Morgan fingerprint density at radius 1 is 1.29 bits per heavy atom.